The molecule has 1 nitrogen and oxygen atoms in total. The molecule has 0 bridgehead atoms. The van der Waals surface area contributed by atoms with Crippen LogP contribution < -0.4 is 0 Å². The van der Waals surface area contributed by atoms with Gasteiger partial charge in [-0.05, 0) is 19.3 Å². The van der Waals surface area contributed by atoms with Crippen LogP contribution in [-0.4, -0.2) is 10.7 Å². The van der Waals surface area contributed by atoms with Crippen LogP contribution in [0.2, 0.25) is 0 Å². The van der Waals surface area contributed by atoms with E-state index in [-0.39, 0.29) is 18.4 Å². The molecule has 0 aromatic heterocycles. The lowest BCUT2D eigenvalue weighted by Gasteiger charge is -2.27. The van der Waals surface area contributed by atoms with Crippen molar-refractivity contribution in [2.45, 2.75) is 70.8 Å². The summed E-state index contributed by atoms with van der Waals surface area (Å²) in [7, 11) is 0. The van der Waals surface area contributed by atoms with E-state index in [1.54, 1.807) is 6.08 Å². The molecule has 0 aromatic rings. The topological polar surface area (TPSA) is 20.2 Å². The molecule has 0 fully saturated rings. The van der Waals surface area contributed by atoms with Crippen molar-refractivity contribution in [1.82, 2.24) is 0 Å². The van der Waals surface area contributed by atoms with Crippen molar-refractivity contribution in [3.8, 4) is 11.8 Å². The Morgan fingerprint density at radius 2 is 1.86 bits per heavy atom. The summed E-state index contributed by atoms with van der Waals surface area (Å²) < 4.78 is 27.7. The second kappa shape index (κ2) is 11.2. The molecule has 0 aliphatic heterocycles. The van der Waals surface area contributed by atoms with Gasteiger partial charge in [0.2, 0.25) is 0 Å². The Bertz CT molecular complexity index is 454. The van der Waals surface area contributed by atoms with Crippen LogP contribution in [0.15, 0.2) is 36.5 Å². The Kier molecular flexibility index (Phi) is 10.5. The van der Waals surface area contributed by atoms with Gasteiger partial charge in [-0.1, -0.05) is 32.9 Å². The molecule has 0 radical (unpaired) electrons. The Hall–Kier alpha value is -1.40. The van der Waals surface area contributed by atoms with Crippen molar-refractivity contribution < 1.29 is 13.9 Å². The molecule has 0 saturated heterocycles. The third-order valence-electron chi connectivity index (χ3n) is 3.60. The highest BCUT2D eigenvalue weighted by atomic mass is 19.1. The normalized spacial score (nSPS) is 14.4. The van der Waals surface area contributed by atoms with Gasteiger partial charge in [0.05, 0.1) is 5.60 Å². The lowest BCUT2D eigenvalue weighted by molar-refractivity contribution is 0.0263. The quantitative estimate of drug-likeness (QED) is 0.235. The second-order valence-corrected chi connectivity index (χ2v) is 5.47. The molecule has 0 aliphatic rings. The van der Waals surface area contributed by atoms with Crippen molar-refractivity contribution in [3.63, 3.8) is 0 Å². The van der Waals surface area contributed by atoms with Gasteiger partial charge >= 0.3 is 0 Å². The van der Waals surface area contributed by atoms with Crippen LogP contribution in [0.3, 0.4) is 0 Å². The van der Waals surface area contributed by atoms with Gasteiger partial charge in [0.15, 0.2) is 0 Å². The fourth-order valence-electron chi connectivity index (χ4n) is 2.20. The van der Waals surface area contributed by atoms with Gasteiger partial charge in [-0.15, -0.1) is 18.4 Å². The van der Waals surface area contributed by atoms with Gasteiger partial charge in [0.25, 0.3) is 0 Å². The molecule has 1 unspecified atom stereocenters. The molecule has 1 atom stereocenters. The van der Waals surface area contributed by atoms with E-state index >= 15 is 0 Å². The first kappa shape index (κ1) is 20.6. The van der Waals surface area contributed by atoms with E-state index < -0.39 is 17.3 Å². The molecule has 124 valence electrons. The third-order valence-corrected chi connectivity index (χ3v) is 3.60. The number of hydrogen-bond acceptors (Lipinski definition) is 1. The summed E-state index contributed by atoms with van der Waals surface area (Å²) in [5.74, 6) is 4.41. The van der Waals surface area contributed by atoms with E-state index in [1.165, 1.54) is 0 Å². The van der Waals surface area contributed by atoms with Crippen molar-refractivity contribution in [3.05, 3.63) is 36.5 Å². The molecule has 3 heteroatoms. The highest BCUT2D eigenvalue weighted by Gasteiger charge is 2.27. The number of halogens is 2. The van der Waals surface area contributed by atoms with Crippen LogP contribution in [0.1, 0.15) is 65.2 Å². The Morgan fingerprint density at radius 3 is 2.36 bits per heavy atom. The average Bonchev–Trinajstić information content (AvgIpc) is 2.48. The first-order valence-corrected chi connectivity index (χ1v) is 7.91. The summed E-state index contributed by atoms with van der Waals surface area (Å²) in [5.41, 5.74) is -1.18. The van der Waals surface area contributed by atoms with Crippen LogP contribution in [0.25, 0.3) is 0 Å². The molecular weight excluding hydrogens is 282 g/mol. The van der Waals surface area contributed by atoms with Gasteiger partial charge in [-0.3, -0.25) is 0 Å². The highest BCUT2D eigenvalue weighted by Crippen LogP contribution is 2.32. The minimum atomic E-state index is -1.08. The lowest BCUT2D eigenvalue weighted by atomic mass is 9.86. The molecule has 0 amide bonds. The number of aliphatic hydroxyl groups is 1. The maximum atomic E-state index is 14.2. The zero-order chi connectivity index (χ0) is 17.0. The molecule has 0 spiro atoms. The average molecular weight is 310 g/mol. The summed E-state index contributed by atoms with van der Waals surface area (Å²) in [5, 5.41) is 10.4. The number of rotatable bonds is 10. The van der Waals surface area contributed by atoms with Gasteiger partial charge in [0.1, 0.15) is 11.7 Å². The van der Waals surface area contributed by atoms with Gasteiger partial charge in [-0.25, -0.2) is 8.78 Å². The standard InChI is InChI=1S/C19H28F2O/c1-5-8-9-10-11-12-13-18(21)17(16(4)20)15-19(22,7-3)14-6-2/h5,22H,1,4,6-9,12-15H2,2-3H3/b18-17+. The van der Waals surface area contributed by atoms with Crippen LogP contribution in [-0.2, 0) is 0 Å². The van der Waals surface area contributed by atoms with Crippen molar-refractivity contribution >= 4 is 0 Å². The van der Waals surface area contributed by atoms with Crippen molar-refractivity contribution in [2.24, 2.45) is 0 Å². The van der Waals surface area contributed by atoms with E-state index in [1.807, 2.05) is 13.8 Å². The van der Waals surface area contributed by atoms with Crippen molar-refractivity contribution in [2.75, 3.05) is 0 Å². The summed E-state index contributed by atoms with van der Waals surface area (Å²) in [6.07, 6.45) is 5.33. The second-order valence-electron chi connectivity index (χ2n) is 5.47. The van der Waals surface area contributed by atoms with Crippen LogP contribution in [0.4, 0.5) is 8.78 Å². The molecule has 0 rings (SSSR count). The molecule has 0 heterocycles. The van der Waals surface area contributed by atoms with E-state index in [0.717, 1.165) is 12.8 Å². The minimum absolute atomic E-state index is 0.0393. The molecule has 22 heavy (non-hydrogen) atoms. The first-order chi connectivity index (χ1) is 10.4. The highest BCUT2D eigenvalue weighted by molar-refractivity contribution is 5.28. The van der Waals surface area contributed by atoms with E-state index in [2.05, 4.69) is 25.0 Å². The maximum absolute atomic E-state index is 14.2. The summed E-state index contributed by atoms with van der Waals surface area (Å²) in [6.45, 7) is 10.5. The number of hydrogen-bond donors (Lipinski definition) is 1. The van der Waals surface area contributed by atoms with Gasteiger partial charge < -0.3 is 5.11 Å². The lowest BCUT2D eigenvalue weighted by Crippen LogP contribution is -2.28. The minimum Gasteiger partial charge on any atom is -0.390 e. The third kappa shape index (κ3) is 8.14. The number of allylic oxidation sites excluding steroid dienone is 3. The molecule has 0 aromatic carbocycles. The Labute approximate surface area is 133 Å². The molecule has 0 saturated carbocycles. The zero-order valence-electron chi connectivity index (χ0n) is 13.9. The number of unbranched alkanes of at least 4 members (excludes halogenated alkanes) is 1. The Balaban J connectivity index is 4.84. The van der Waals surface area contributed by atoms with Crippen molar-refractivity contribution in [1.29, 1.82) is 0 Å². The molecule has 0 aliphatic carbocycles. The van der Waals surface area contributed by atoms with Crippen LogP contribution in [0, 0.1) is 11.8 Å². The predicted octanol–water partition coefficient (Wildman–Crippen LogP) is 5.77. The molecular formula is C19H28F2O. The smallest absolute Gasteiger partial charge is 0.121 e. The van der Waals surface area contributed by atoms with Crippen LogP contribution in [0.5, 0.6) is 0 Å². The van der Waals surface area contributed by atoms with E-state index in [0.29, 0.717) is 25.7 Å². The van der Waals surface area contributed by atoms with E-state index in [4.69, 9.17) is 0 Å². The summed E-state index contributed by atoms with van der Waals surface area (Å²) >= 11 is 0. The summed E-state index contributed by atoms with van der Waals surface area (Å²) in [4.78, 5) is 0. The fourth-order valence-corrected chi connectivity index (χ4v) is 2.20. The zero-order valence-corrected chi connectivity index (χ0v) is 13.9. The molecule has 1 N–H and O–H groups in total. The Morgan fingerprint density at radius 1 is 1.23 bits per heavy atom. The van der Waals surface area contributed by atoms with Gasteiger partial charge in [-0.2, -0.15) is 0 Å². The monoisotopic (exact) mass is 310 g/mol. The van der Waals surface area contributed by atoms with E-state index in [9.17, 15) is 13.9 Å². The first-order valence-electron chi connectivity index (χ1n) is 7.91. The maximum Gasteiger partial charge on any atom is 0.121 e. The summed E-state index contributed by atoms with van der Waals surface area (Å²) in [6, 6.07) is 0. The largest absolute Gasteiger partial charge is 0.390 e. The predicted molar refractivity (Wildman–Crippen MR) is 89.6 cm³/mol. The van der Waals surface area contributed by atoms with Gasteiger partial charge in [0, 0.05) is 31.3 Å². The fraction of sp³-hybridized carbons (Fsp3) is 0.579. The van der Waals surface area contributed by atoms with Crippen LogP contribution >= 0.6 is 0 Å². The SMILES string of the molecule is C=CCCC#CCC/C(F)=C(/CC(O)(CC)CCC)C(=C)F.